The zero-order valence-corrected chi connectivity index (χ0v) is 10.3. The molecule has 13 heavy (non-hydrogen) atoms. The second-order valence-electron chi connectivity index (χ2n) is 3.74. The number of nitrogens with one attached hydrogen (secondary N) is 1. The van der Waals surface area contributed by atoms with Gasteiger partial charge in [-0.05, 0) is 12.5 Å². The highest BCUT2D eigenvalue weighted by Gasteiger charge is 2.13. The van der Waals surface area contributed by atoms with Gasteiger partial charge in [-0.3, -0.25) is 0 Å². The van der Waals surface area contributed by atoms with Crippen LogP contribution in [0.15, 0.2) is 0 Å². The largest absolute Gasteiger partial charge is 0.315 e. The Morgan fingerprint density at radius 3 is 2.92 bits per heavy atom. The molecule has 2 unspecified atom stereocenters. The monoisotopic (exact) mass is 219 g/mol. The van der Waals surface area contributed by atoms with Crippen molar-refractivity contribution >= 4 is 23.5 Å². The highest BCUT2D eigenvalue weighted by Crippen LogP contribution is 2.23. The number of hydrogen-bond donors (Lipinski definition) is 1. The summed E-state index contributed by atoms with van der Waals surface area (Å²) >= 11 is 4.25. The van der Waals surface area contributed by atoms with Gasteiger partial charge in [0.1, 0.15) is 0 Å². The Kier molecular flexibility index (Phi) is 6.33. The molecule has 78 valence electrons. The van der Waals surface area contributed by atoms with E-state index in [-0.39, 0.29) is 0 Å². The third-order valence-electron chi connectivity index (χ3n) is 2.45. The minimum atomic E-state index is 0.834. The molecule has 2 atom stereocenters. The van der Waals surface area contributed by atoms with Crippen molar-refractivity contribution in [2.24, 2.45) is 5.92 Å². The Hall–Kier alpha value is 0.660. The van der Waals surface area contributed by atoms with Gasteiger partial charge in [0.05, 0.1) is 0 Å². The summed E-state index contributed by atoms with van der Waals surface area (Å²) in [5.41, 5.74) is 0. The molecule has 0 amide bonds. The molecule has 0 saturated carbocycles. The fourth-order valence-electron chi connectivity index (χ4n) is 1.29. The van der Waals surface area contributed by atoms with E-state index in [0.29, 0.717) is 0 Å². The molecule has 0 aromatic carbocycles. The fraction of sp³-hybridized carbons (Fsp3) is 1.00. The lowest BCUT2D eigenvalue weighted by atomic mass is 10.1. The van der Waals surface area contributed by atoms with Gasteiger partial charge in [-0.2, -0.15) is 23.5 Å². The van der Waals surface area contributed by atoms with Crippen LogP contribution in [0.2, 0.25) is 0 Å². The van der Waals surface area contributed by atoms with Crippen LogP contribution in [-0.2, 0) is 0 Å². The third kappa shape index (κ3) is 5.18. The van der Waals surface area contributed by atoms with Crippen LogP contribution >= 0.6 is 23.5 Å². The van der Waals surface area contributed by atoms with Gasteiger partial charge in [-0.1, -0.05) is 20.3 Å². The van der Waals surface area contributed by atoms with Gasteiger partial charge in [0.25, 0.3) is 0 Å². The van der Waals surface area contributed by atoms with Gasteiger partial charge in [0.2, 0.25) is 0 Å². The van der Waals surface area contributed by atoms with Crippen molar-refractivity contribution in [2.75, 3.05) is 30.3 Å². The summed E-state index contributed by atoms with van der Waals surface area (Å²) in [4.78, 5) is 0. The number of thioether (sulfide) groups is 2. The van der Waals surface area contributed by atoms with E-state index < -0.39 is 0 Å². The van der Waals surface area contributed by atoms with E-state index >= 15 is 0 Å². The lowest BCUT2D eigenvalue weighted by molar-refractivity contribution is 0.502. The SMILES string of the molecule is CCC(C)CNCC1CSCCS1. The van der Waals surface area contributed by atoms with Gasteiger partial charge in [-0.15, -0.1) is 0 Å². The molecule has 1 aliphatic rings. The van der Waals surface area contributed by atoms with Crippen LogP contribution in [0, 0.1) is 5.92 Å². The first-order valence-corrected chi connectivity index (χ1v) is 7.43. The predicted octanol–water partition coefficient (Wildman–Crippen LogP) is 2.47. The average Bonchev–Trinajstić information content (AvgIpc) is 2.19. The molecule has 3 heteroatoms. The maximum absolute atomic E-state index is 3.57. The van der Waals surface area contributed by atoms with Crippen LogP contribution in [0.3, 0.4) is 0 Å². The molecule has 0 aromatic heterocycles. The van der Waals surface area contributed by atoms with Crippen molar-refractivity contribution < 1.29 is 0 Å². The fourth-order valence-corrected chi connectivity index (χ4v) is 3.94. The summed E-state index contributed by atoms with van der Waals surface area (Å²) < 4.78 is 0. The second-order valence-corrected chi connectivity index (χ2v) is 6.30. The van der Waals surface area contributed by atoms with Gasteiger partial charge in [-0.25, -0.2) is 0 Å². The normalized spacial score (nSPS) is 25.8. The van der Waals surface area contributed by atoms with E-state index in [1.165, 1.54) is 36.8 Å². The minimum Gasteiger partial charge on any atom is -0.315 e. The summed E-state index contributed by atoms with van der Waals surface area (Å²) in [6.45, 7) is 6.98. The zero-order valence-electron chi connectivity index (χ0n) is 8.71. The summed E-state index contributed by atoms with van der Waals surface area (Å²) in [6, 6.07) is 0. The molecular weight excluding hydrogens is 198 g/mol. The van der Waals surface area contributed by atoms with E-state index in [1.807, 2.05) is 0 Å². The lowest BCUT2D eigenvalue weighted by Crippen LogP contribution is -2.31. The maximum atomic E-state index is 3.57. The number of rotatable bonds is 5. The predicted molar refractivity (Wildman–Crippen MR) is 65.9 cm³/mol. The van der Waals surface area contributed by atoms with Crippen molar-refractivity contribution in [1.29, 1.82) is 0 Å². The summed E-state index contributed by atoms with van der Waals surface area (Å²) in [7, 11) is 0. The van der Waals surface area contributed by atoms with Crippen molar-refractivity contribution in [3.8, 4) is 0 Å². The van der Waals surface area contributed by atoms with Crippen LogP contribution in [0.25, 0.3) is 0 Å². The Bertz CT molecular complexity index is 124. The van der Waals surface area contributed by atoms with E-state index in [2.05, 4.69) is 42.7 Å². The Morgan fingerprint density at radius 1 is 1.46 bits per heavy atom. The van der Waals surface area contributed by atoms with E-state index in [4.69, 9.17) is 0 Å². The molecule has 0 aliphatic carbocycles. The summed E-state index contributed by atoms with van der Waals surface area (Å²) in [6.07, 6.45) is 1.29. The molecule has 1 saturated heterocycles. The molecule has 1 fully saturated rings. The quantitative estimate of drug-likeness (QED) is 0.763. The highest BCUT2D eigenvalue weighted by molar-refractivity contribution is 8.06. The topological polar surface area (TPSA) is 12.0 Å². The molecule has 0 spiro atoms. The first-order valence-electron chi connectivity index (χ1n) is 5.23. The first-order chi connectivity index (χ1) is 6.33. The molecule has 1 rings (SSSR count). The van der Waals surface area contributed by atoms with E-state index in [1.54, 1.807) is 0 Å². The van der Waals surface area contributed by atoms with Crippen molar-refractivity contribution in [1.82, 2.24) is 5.32 Å². The van der Waals surface area contributed by atoms with Gasteiger partial charge in [0, 0.05) is 29.1 Å². The molecule has 1 nitrogen and oxygen atoms in total. The van der Waals surface area contributed by atoms with Crippen LogP contribution < -0.4 is 5.32 Å². The Morgan fingerprint density at radius 2 is 2.31 bits per heavy atom. The van der Waals surface area contributed by atoms with Crippen molar-refractivity contribution in [2.45, 2.75) is 25.5 Å². The van der Waals surface area contributed by atoms with Crippen molar-refractivity contribution in [3.63, 3.8) is 0 Å². The standard InChI is InChI=1S/C10H21NS2/c1-3-9(2)6-11-7-10-8-12-4-5-13-10/h9-11H,3-8H2,1-2H3. The summed E-state index contributed by atoms with van der Waals surface area (Å²) in [5.74, 6) is 4.88. The molecule has 1 N–H and O–H groups in total. The highest BCUT2D eigenvalue weighted by atomic mass is 32.2. The average molecular weight is 219 g/mol. The van der Waals surface area contributed by atoms with Crippen molar-refractivity contribution in [3.05, 3.63) is 0 Å². The Balaban J connectivity index is 1.98. The van der Waals surface area contributed by atoms with Gasteiger partial charge >= 0.3 is 0 Å². The minimum absolute atomic E-state index is 0.834. The van der Waals surface area contributed by atoms with Gasteiger partial charge in [0.15, 0.2) is 0 Å². The first kappa shape index (κ1) is 11.7. The molecule has 0 aromatic rings. The zero-order chi connectivity index (χ0) is 9.52. The van der Waals surface area contributed by atoms with Crippen LogP contribution in [-0.4, -0.2) is 35.6 Å². The molecule has 0 radical (unpaired) electrons. The van der Waals surface area contributed by atoms with E-state index in [0.717, 1.165) is 11.2 Å². The van der Waals surface area contributed by atoms with Gasteiger partial charge < -0.3 is 5.32 Å². The van der Waals surface area contributed by atoms with Crippen LogP contribution in [0.5, 0.6) is 0 Å². The third-order valence-corrected chi connectivity index (χ3v) is 5.29. The maximum Gasteiger partial charge on any atom is 0.0263 e. The lowest BCUT2D eigenvalue weighted by Gasteiger charge is -2.22. The van der Waals surface area contributed by atoms with Crippen LogP contribution in [0.4, 0.5) is 0 Å². The Labute approximate surface area is 90.8 Å². The molecule has 1 heterocycles. The number of hydrogen-bond acceptors (Lipinski definition) is 3. The van der Waals surface area contributed by atoms with Crippen LogP contribution in [0.1, 0.15) is 20.3 Å². The van der Waals surface area contributed by atoms with E-state index in [9.17, 15) is 0 Å². The molecular formula is C10H21NS2. The molecule has 1 aliphatic heterocycles. The smallest absolute Gasteiger partial charge is 0.0263 e. The second kappa shape index (κ2) is 7.02. The summed E-state index contributed by atoms with van der Waals surface area (Å²) in [5, 5.41) is 4.44. The molecule has 0 bridgehead atoms.